The predicted octanol–water partition coefficient (Wildman–Crippen LogP) is 0.418. The summed E-state index contributed by atoms with van der Waals surface area (Å²) in [6.45, 7) is 1.64. The molecule has 14 heavy (non-hydrogen) atoms. The third-order valence-electron chi connectivity index (χ3n) is 1.65. The Bertz CT molecular complexity index is 307. The summed E-state index contributed by atoms with van der Waals surface area (Å²) in [7, 11) is 0. The van der Waals surface area contributed by atoms with Crippen LogP contribution >= 0.6 is 11.8 Å². The lowest BCUT2D eigenvalue weighted by atomic mass is 10.3. The maximum Gasteiger partial charge on any atom is 0.119 e. The number of nitrogen functional groups attached to an aromatic ring is 1. The van der Waals surface area contributed by atoms with Gasteiger partial charge >= 0.3 is 0 Å². The highest BCUT2D eigenvalue weighted by atomic mass is 32.2. The van der Waals surface area contributed by atoms with Gasteiger partial charge in [0.2, 0.25) is 0 Å². The fourth-order valence-electron chi connectivity index (χ4n) is 0.887. The molecule has 1 aromatic rings. The number of nitrogens with zero attached hydrogens (tertiary/aromatic N) is 1. The maximum absolute atomic E-state index is 9.14. The van der Waals surface area contributed by atoms with Crippen molar-refractivity contribution in [3.63, 3.8) is 0 Å². The van der Waals surface area contributed by atoms with Gasteiger partial charge in [-0.1, -0.05) is 0 Å². The molecule has 0 bridgehead atoms. The minimum atomic E-state index is -0.721. The molecular formula is C9H14N2O2S. The van der Waals surface area contributed by atoms with E-state index in [4.69, 9.17) is 15.9 Å². The average Bonchev–Trinajstić information content (AvgIpc) is 2.19. The number of thioether (sulfide) groups is 1. The monoisotopic (exact) mass is 214 g/mol. The molecule has 0 radical (unpaired) electrons. The lowest BCUT2D eigenvalue weighted by Gasteiger charge is -2.08. The maximum atomic E-state index is 9.14. The van der Waals surface area contributed by atoms with E-state index in [9.17, 15) is 0 Å². The molecule has 78 valence electrons. The molecule has 1 rings (SSSR count). The molecule has 0 spiro atoms. The number of aromatic nitrogens is 1. The van der Waals surface area contributed by atoms with Gasteiger partial charge in [0.15, 0.2) is 0 Å². The van der Waals surface area contributed by atoms with Crippen molar-refractivity contribution in [3.05, 3.63) is 17.8 Å². The first kappa shape index (κ1) is 11.3. The molecule has 0 aliphatic heterocycles. The van der Waals surface area contributed by atoms with Gasteiger partial charge in [0, 0.05) is 11.4 Å². The van der Waals surface area contributed by atoms with Crippen LogP contribution in [0.15, 0.2) is 17.2 Å². The van der Waals surface area contributed by atoms with E-state index >= 15 is 0 Å². The molecule has 1 atom stereocenters. The first-order chi connectivity index (χ1) is 6.63. The number of pyridine rings is 1. The Morgan fingerprint density at radius 2 is 2.29 bits per heavy atom. The molecule has 0 amide bonds. The summed E-state index contributed by atoms with van der Waals surface area (Å²) >= 11 is 1.35. The van der Waals surface area contributed by atoms with Gasteiger partial charge in [-0.15, -0.1) is 11.8 Å². The summed E-state index contributed by atoms with van der Waals surface area (Å²) in [6.07, 6.45) is -0.721. The third-order valence-corrected chi connectivity index (χ3v) is 2.80. The van der Waals surface area contributed by atoms with Gasteiger partial charge in [0.05, 0.1) is 18.4 Å². The van der Waals surface area contributed by atoms with Crippen LogP contribution in [0, 0.1) is 6.92 Å². The fraction of sp³-hybridized carbons (Fsp3) is 0.444. The zero-order chi connectivity index (χ0) is 10.6. The van der Waals surface area contributed by atoms with Gasteiger partial charge < -0.3 is 15.9 Å². The lowest BCUT2D eigenvalue weighted by Crippen LogP contribution is -2.14. The van der Waals surface area contributed by atoms with Crippen LogP contribution in [0.25, 0.3) is 0 Å². The van der Waals surface area contributed by atoms with Crippen LogP contribution in [0.1, 0.15) is 5.69 Å². The van der Waals surface area contributed by atoms with Crippen LogP contribution in [0.2, 0.25) is 0 Å². The number of hydrogen-bond acceptors (Lipinski definition) is 5. The van der Waals surface area contributed by atoms with Gasteiger partial charge in [-0.2, -0.15) is 0 Å². The van der Waals surface area contributed by atoms with E-state index < -0.39 is 6.10 Å². The van der Waals surface area contributed by atoms with Crippen molar-refractivity contribution in [2.24, 2.45) is 0 Å². The van der Waals surface area contributed by atoms with Crippen molar-refractivity contribution in [1.29, 1.82) is 0 Å². The van der Waals surface area contributed by atoms with Crippen LogP contribution < -0.4 is 5.73 Å². The Labute approximate surface area is 87.2 Å². The van der Waals surface area contributed by atoms with Crippen LogP contribution in [0.3, 0.4) is 0 Å². The molecule has 0 saturated carbocycles. The Kier molecular flexibility index (Phi) is 4.19. The zero-order valence-electron chi connectivity index (χ0n) is 7.97. The van der Waals surface area contributed by atoms with E-state index in [2.05, 4.69) is 4.98 Å². The largest absolute Gasteiger partial charge is 0.397 e. The SMILES string of the molecule is Cc1ccc(N)c(SCC(O)CO)n1. The summed E-state index contributed by atoms with van der Waals surface area (Å²) < 4.78 is 0. The molecule has 0 fully saturated rings. The van der Waals surface area contributed by atoms with E-state index in [1.165, 1.54) is 11.8 Å². The summed E-state index contributed by atoms with van der Waals surface area (Å²) in [5, 5.41) is 18.5. The van der Waals surface area contributed by atoms with Gasteiger partial charge in [0.25, 0.3) is 0 Å². The topological polar surface area (TPSA) is 79.4 Å². The number of aliphatic hydroxyl groups is 2. The Hall–Kier alpha value is -0.780. The average molecular weight is 214 g/mol. The summed E-state index contributed by atoms with van der Waals surface area (Å²) in [6, 6.07) is 3.62. The van der Waals surface area contributed by atoms with Crippen molar-refractivity contribution in [3.8, 4) is 0 Å². The van der Waals surface area contributed by atoms with Crippen LogP contribution in [-0.4, -0.2) is 33.7 Å². The first-order valence-electron chi connectivity index (χ1n) is 4.28. The quantitative estimate of drug-likeness (QED) is 0.633. The van der Waals surface area contributed by atoms with Crippen LogP contribution in [-0.2, 0) is 0 Å². The number of rotatable bonds is 4. The van der Waals surface area contributed by atoms with E-state index in [0.717, 1.165) is 5.69 Å². The number of aliphatic hydroxyl groups excluding tert-OH is 2. The van der Waals surface area contributed by atoms with Gasteiger partial charge in [-0.3, -0.25) is 0 Å². The summed E-state index contributed by atoms with van der Waals surface area (Å²) in [5.74, 6) is 0.400. The second kappa shape index (κ2) is 5.19. The molecule has 4 N–H and O–H groups in total. The smallest absolute Gasteiger partial charge is 0.119 e. The molecule has 1 heterocycles. The van der Waals surface area contributed by atoms with Crippen molar-refractivity contribution in [2.45, 2.75) is 18.1 Å². The van der Waals surface area contributed by atoms with Crippen molar-refractivity contribution in [2.75, 3.05) is 18.1 Å². The van der Waals surface area contributed by atoms with Gasteiger partial charge in [-0.05, 0) is 19.1 Å². The zero-order valence-corrected chi connectivity index (χ0v) is 8.79. The molecule has 4 nitrogen and oxygen atoms in total. The second-order valence-electron chi connectivity index (χ2n) is 2.99. The standard InChI is InChI=1S/C9H14N2O2S/c1-6-2-3-8(10)9(11-6)14-5-7(13)4-12/h2-3,7,12-13H,4-5,10H2,1H3. The highest BCUT2D eigenvalue weighted by Gasteiger charge is 2.06. The third kappa shape index (κ3) is 3.17. The van der Waals surface area contributed by atoms with Crippen molar-refractivity contribution < 1.29 is 10.2 Å². The number of nitrogens with two attached hydrogens (primary N) is 1. The second-order valence-corrected chi connectivity index (χ2v) is 4.00. The van der Waals surface area contributed by atoms with E-state index in [0.29, 0.717) is 16.5 Å². The van der Waals surface area contributed by atoms with Gasteiger partial charge in [-0.25, -0.2) is 4.98 Å². The minimum Gasteiger partial charge on any atom is -0.397 e. The first-order valence-corrected chi connectivity index (χ1v) is 5.27. The Morgan fingerprint density at radius 1 is 1.57 bits per heavy atom. The predicted molar refractivity (Wildman–Crippen MR) is 57.2 cm³/mol. The number of aryl methyl sites for hydroxylation is 1. The number of hydrogen-bond donors (Lipinski definition) is 3. The normalized spacial score (nSPS) is 12.8. The molecule has 5 heteroatoms. The molecule has 0 saturated heterocycles. The molecule has 0 aliphatic rings. The van der Waals surface area contributed by atoms with Crippen molar-refractivity contribution >= 4 is 17.4 Å². The highest BCUT2D eigenvalue weighted by molar-refractivity contribution is 7.99. The van der Waals surface area contributed by atoms with Crippen LogP contribution in [0.4, 0.5) is 5.69 Å². The van der Waals surface area contributed by atoms with Gasteiger partial charge in [0.1, 0.15) is 5.03 Å². The molecule has 0 aromatic carbocycles. The molecule has 0 aliphatic carbocycles. The highest BCUT2D eigenvalue weighted by Crippen LogP contribution is 2.23. The fourth-order valence-corrected chi connectivity index (χ4v) is 1.79. The molecule has 1 unspecified atom stereocenters. The van der Waals surface area contributed by atoms with Crippen molar-refractivity contribution in [1.82, 2.24) is 4.98 Å². The lowest BCUT2D eigenvalue weighted by molar-refractivity contribution is 0.113. The minimum absolute atomic E-state index is 0.237. The Morgan fingerprint density at radius 3 is 2.93 bits per heavy atom. The number of anilines is 1. The van der Waals surface area contributed by atoms with E-state index in [1.54, 1.807) is 6.07 Å². The van der Waals surface area contributed by atoms with Crippen LogP contribution in [0.5, 0.6) is 0 Å². The van der Waals surface area contributed by atoms with E-state index in [1.807, 2.05) is 13.0 Å². The Balaban J connectivity index is 2.62. The molecular weight excluding hydrogens is 200 g/mol. The summed E-state index contributed by atoms with van der Waals surface area (Å²) in [4.78, 5) is 4.22. The van der Waals surface area contributed by atoms with E-state index in [-0.39, 0.29) is 6.61 Å². The summed E-state index contributed by atoms with van der Waals surface area (Å²) in [5.41, 5.74) is 7.18. The molecule has 1 aromatic heterocycles.